The molecule has 0 saturated carbocycles. The van der Waals surface area contributed by atoms with Gasteiger partial charge in [-0.05, 0) is 24.3 Å². The fraction of sp³-hybridized carbons (Fsp3) is 0.762. The molecule has 0 aliphatic rings. The van der Waals surface area contributed by atoms with Crippen LogP contribution in [0, 0.1) is 5.92 Å². The van der Waals surface area contributed by atoms with E-state index in [2.05, 4.69) is 49.4 Å². The van der Waals surface area contributed by atoms with E-state index < -0.39 is 25.9 Å². The zero-order valence-corrected chi connectivity index (χ0v) is 19.8. The fourth-order valence-electron chi connectivity index (χ4n) is 2.66. The van der Waals surface area contributed by atoms with E-state index in [-0.39, 0.29) is 16.7 Å². The second kappa shape index (κ2) is 12.0. The van der Waals surface area contributed by atoms with Gasteiger partial charge in [-0.15, -0.1) is 0 Å². The lowest BCUT2D eigenvalue weighted by Crippen LogP contribution is -2.50. The Hall–Kier alpha value is -1.63. The third kappa shape index (κ3) is 8.58. The fourth-order valence-corrected chi connectivity index (χ4v) is 4.59. The first-order valence-corrected chi connectivity index (χ1v) is 13.0. The lowest BCUT2D eigenvalue weighted by Gasteiger charge is -2.41. The van der Waals surface area contributed by atoms with Crippen LogP contribution < -0.4 is 0 Å². The van der Waals surface area contributed by atoms with Crippen LogP contribution in [0.3, 0.4) is 0 Å². The maximum Gasteiger partial charge on any atom is 0.320 e. The molecular formula is C21H38O6Si. The first kappa shape index (κ1) is 26.4. The van der Waals surface area contributed by atoms with Gasteiger partial charge in [-0.2, -0.15) is 0 Å². The van der Waals surface area contributed by atoms with Crippen LogP contribution in [0.2, 0.25) is 18.1 Å². The van der Waals surface area contributed by atoms with E-state index in [0.29, 0.717) is 6.42 Å². The first-order chi connectivity index (χ1) is 12.9. The van der Waals surface area contributed by atoms with Gasteiger partial charge in [0, 0.05) is 6.92 Å². The number of unbranched alkanes of at least 4 members (excludes halogenated alkanes) is 3. The highest BCUT2D eigenvalue weighted by Crippen LogP contribution is 2.39. The number of rotatable bonds is 11. The number of carbonyl (C=O) groups excluding carboxylic acids is 3. The Morgan fingerprint density at radius 3 is 1.93 bits per heavy atom. The number of esters is 3. The maximum atomic E-state index is 11.6. The van der Waals surface area contributed by atoms with Gasteiger partial charge in [0.2, 0.25) is 0 Å². The highest BCUT2D eigenvalue weighted by molar-refractivity contribution is 6.81. The summed E-state index contributed by atoms with van der Waals surface area (Å²) in [7, 11) is 0.684. The Balaban J connectivity index is 4.59. The molecule has 0 unspecified atom stereocenters. The topological polar surface area (TPSA) is 78.9 Å². The normalized spacial score (nSPS) is 13.5. The predicted molar refractivity (Wildman–Crippen MR) is 112 cm³/mol. The highest BCUT2D eigenvalue weighted by Gasteiger charge is 2.43. The van der Waals surface area contributed by atoms with E-state index in [1.165, 1.54) is 21.1 Å². The van der Waals surface area contributed by atoms with Gasteiger partial charge in [0.15, 0.2) is 5.92 Å². The highest BCUT2D eigenvalue weighted by atomic mass is 28.3. The summed E-state index contributed by atoms with van der Waals surface area (Å²) in [6.45, 7) is 12.5. The SMILES string of the molecule is COC(=O)C(CCCCC/C=C/[C@H](OC(C)=O)[Si](C)(C)C(C)(C)C)C(=O)OC. The van der Waals surface area contributed by atoms with E-state index in [9.17, 15) is 14.4 Å². The van der Waals surface area contributed by atoms with Gasteiger partial charge in [0.25, 0.3) is 0 Å². The average Bonchev–Trinajstić information content (AvgIpc) is 2.60. The van der Waals surface area contributed by atoms with Crippen LogP contribution in [-0.4, -0.2) is 45.9 Å². The molecule has 7 heteroatoms. The van der Waals surface area contributed by atoms with Crippen LogP contribution >= 0.6 is 0 Å². The van der Waals surface area contributed by atoms with Gasteiger partial charge in [-0.1, -0.05) is 58.9 Å². The number of allylic oxidation sites excluding steroid dienone is 1. The molecule has 0 aromatic carbocycles. The van der Waals surface area contributed by atoms with Gasteiger partial charge >= 0.3 is 17.9 Å². The van der Waals surface area contributed by atoms with Crippen LogP contribution in [-0.2, 0) is 28.6 Å². The quantitative estimate of drug-likeness (QED) is 0.124. The van der Waals surface area contributed by atoms with E-state index in [1.54, 1.807) is 0 Å². The molecule has 6 nitrogen and oxygen atoms in total. The second-order valence-electron chi connectivity index (χ2n) is 8.67. The van der Waals surface area contributed by atoms with Crippen LogP contribution in [0.15, 0.2) is 12.2 Å². The molecule has 0 amide bonds. The first-order valence-electron chi connectivity index (χ1n) is 9.88. The van der Waals surface area contributed by atoms with E-state index in [1.807, 2.05) is 6.08 Å². The van der Waals surface area contributed by atoms with E-state index in [0.717, 1.165) is 25.7 Å². The number of carbonyl (C=O) groups is 3. The van der Waals surface area contributed by atoms with Gasteiger partial charge in [0.1, 0.15) is 13.8 Å². The number of methoxy groups -OCH3 is 2. The predicted octanol–water partition coefficient (Wildman–Crippen LogP) is 4.43. The van der Waals surface area contributed by atoms with Crippen LogP contribution in [0.25, 0.3) is 0 Å². The molecule has 0 aliphatic heterocycles. The smallest absolute Gasteiger partial charge is 0.320 e. The third-order valence-corrected chi connectivity index (χ3v) is 11.2. The summed E-state index contributed by atoms with van der Waals surface area (Å²) in [5.74, 6) is -2.20. The molecule has 0 radical (unpaired) electrons. The van der Waals surface area contributed by atoms with Crippen molar-refractivity contribution in [1.82, 2.24) is 0 Å². The minimum absolute atomic E-state index is 0.105. The summed E-state index contributed by atoms with van der Waals surface area (Å²) >= 11 is 0. The second-order valence-corrected chi connectivity index (χ2v) is 14.2. The molecule has 1 atom stereocenters. The van der Waals surface area contributed by atoms with Crippen molar-refractivity contribution in [2.45, 2.75) is 83.7 Å². The van der Waals surface area contributed by atoms with Crippen molar-refractivity contribution in [2.75, 3.05) is 14.2 Å². The van der Waals surface area contributed by atoms with Gasteiger partial charge in [-0.25, -0.2) is 0 Å². The van der Waals surface area contributed by atoms with Crippen molar-refractivity contribution in [3.63, 3.8) is 0 Å². The van der Waals surface area contributed by atoms with Crippen molar-refractivity contribution in [2.24, 2.45) is 5.92 Å². The van der Waals surface area contributed by atoms with Crippen LogP contribution in [0.5, 0.6) is 0 Å². The Bertz CT molecular complexity index is 532. The van der Waals surface area contributed by atoms with Crippen LogP contribution in [0.1, 0.15) is 59.8 Å². The monoisotopic (exact) mass is 414 g/mol. The van der Waals surface area contributed by atoms with Crippen molar-refractivity contribution in [1.29, 1.82) is 0 Å². The summed E-state index contributed by atoms with van der Waals surface area (Å²) in [6.07, 6.45) is 7.93. The van der Waals surface area contributed by atoms with Crippen LogP contribution in [0.4, 0.5) is 0 Å². The average molecular weight is 415 g/mol. The van der Waals surface area contributed by atoms with Crippen molar-refractivity contribution < 1.29 is 28.6 Å². The van der Waals surface area contributed by atoms with Gasteiger partial charge < -0.3 is 14.2 Å². The van der Waals surface area contributed by atoms with Crippen molar-refractivity contribution >= 4 is 26.0 Å². The molecule has 28 heavy (non-hydrogen) atoms. The molecule has 0 bridgehead atoms. The zero-order valence-electron chi connectivity index (χ0n) is 18.8. The summed E-state index contributed by atoms with van der Waals surface area (Å²) in [5.41, 5.74) is -0.159. The molecule has 0 N–H and O–H groups in total. The molecule has 0 fully saturated rings. The Kier molecular flexibility index (Phi) is 11.3. The Morgan fingerprint density at radius 1 is 0.964 bits per heavy atom. The van der Waals surface area contributed by atoms with E-state index in [4.69, 9.17) is 4.74 Å². The number of hydrogen-bond donors (Lipinski definition) is 0. The summed E-state index contributed by atoms with van der Waals surface area (Å²) in [6, 6.07) is 0. The molecule has 0 aromatic heterocycles. The summed E-state index contributed by atoms with van der Waals surface area (Å²) in [4.78, 5) is 34.8. The number of hydrogen-bond acceptors (Lipinski definition) is 6. The van der Waals surface area contributed by atoms with Gasteiger partial charge in [-0.3, -0.25) is 14.4 Å². The molecular weight excluding hydrogens is 376 g/mol. The lowest BCUT2D eigenvalue weighted by molar-refractivity contribution is -0.159. The van der Waals surface area contributed by atoms with Crippen molar-refractivity contribution in [3.05, 3.63) is 12.2 Å². The maximum absolute atomic E-state index is 11.6. The molecule has 0 aliphatic carbocycles. The standard InChI is InChI=1S/C21H38O6Si/c1-16(22)27-18(28(7,8)21(2,3)4)15-13-11-9-10-12-14-17(19(23)25-5)20(24)26-6/h13,15,17-18H,9-12,14H2,1-8H3/b15-13+/t18-/m1/s1. The molecule has 162 valence electrons. The lowest BCUT2D eigenvalue weighted by atomic mass is 10.0. The molecule has 0 rings (SSSR count). The van der Waals surface area contributed by atoms with E-state index >= 15 is 0 Å². The molecule has 0 aromatic rings. The van der Waals surface area contributed by atoms with Gasteiger partial charge in [0.05, 0.1) is 14.2 Å². The summed E-state index contributed by atoms with van der Waals surface area (Å²) in [5, 5.41) is 0.105. The molecule has 0 heterocycles. The third-order valence-electron chi connectivity index (χ3n) is 5.58. The zero-order chi connectivity index (χ0) is 22.0. The van der Waals surface area contributed by atoms with Crippen molar-refractivity contribution in [3.8, 4) is 0 Å². The minimum Gasteiger partial charge on any atom is -0.468 e. The number of ether oxygens (including phenoxy) is 3. The Morgan fingerprint density at radius 2 is 1.50 bits per heavy atom. The molecule has 0 spiro atoms. The largest absolute Gasteiger partial charge is 0.468 e. The molecule has 0 saturated heterocycles. The minimum atomic E-state index is -1.85. The summed E-state index contributed by atoms with van der Waals surface area (Å²) < 4.78 is 14.9. The Labute approximate surface area is 171 Å².